The molecule has 0 aliphatic heterocycles. The standard InChI is InChI=1S/C9H13N2/c1(2-8-4-5-8)3-9-10-6-7-11-9/h6,8H,1-5H2,(H,10,11). The van der Waals surface area contributed by atoms with Gasteiger partial charge in [0, 0.05) is 12.6 Å². The second-order valence-corrected chi connectivity index (χ2v) is 3.31. The fraction of sp³-hybridized carbons (Fsp3) is 0.667. The molecule has 2 heteroatoms. The van der Waals surface area contributed by atoms with Crippen molar-refractivity contribution in [2.24, 2.45) is 5.92 Å². The van der Waals surface area contributed by atoms with Gasteiger partial charge < -0.3 is 4.98 Å². The van der Waals surface area contributed by atoms with E-state index in [2.05, 4.69) is 16.2 Å². The molecule has 1 aromatic heterocycles. The Balaban J connectivity index is 1.66. The van der Waals surface area contributed by atoms with E-state index >= 15 is 0 Å². The predicted octanol–water partition coefficient (Wildman–Crippen LogP) is 1.94. The second-order valence-electron chi connectivity index (χ2n) is 3.31. The van der Waals surface area contributed by atoms with Crippen LogP contribution >= 0.6 is 0 Å². The van der Waals surface area contributed by atoms with E-state index < -0.39 is 0 Å². The van der Waals surface area contributed by atoms with E-state index in [0.717, 1.165) is 18.2 Å². The molecule has 1 aliphatic rings. The molecule has 1 aromatic rings. The van der Waals surface area contributed by atoms with Crippen LogP contribution in [0.2, 0.25) is 0 Å². The largest absolute Gasteiger partial charge is 0.348 e. The lowest BCUT2D eigenvalue weighted by molar-refractivity contribution is 0.653. The predicted molar refractivity (Wildman–Crippen MR) is 43.1 cm³/mol. The minimum atomic E-state index is 1.05. The highest BCUT2D eigenvalue weighted by Gasteiger charge is 2.20. The fourth-order valence-corrected chi connectivity index (χ4v) is 1.35. The van der Waals surface area contributed by atoms with Gasteiger partial charge in [-0.2, -0.15) is 0 Å². The minimum Gasteiger partial charge on any atom is -0.348 e. The van der Waals surface area contributed by atoms with Crippen LogP contribution in [0.5, 0.6) is 0 Å². The quantitative estimate of drug-likeness (QED) is 0.696. The number of aromatic amines is 1. The summed E-state index contributed by atoms with van der Waals surface area (Å²) in [6.07, 6.45) is 11.2. The molecule has 0 spiro atoms. The van der Waals surface area contributed by atoms with Gasteiger partial charge >= 0.3 is 0 Å². The molecule has 1 heterocycles. The average Bonchev–Trinajstić information content (AvgIpc) is 2.66. The highest BCUT2D eigenvalue weighted by atomic mass is 14.9. The Labute approximate surface area is 67.0 Å². The summed E-state index contributed by atoms with van der Waals surface area (Å²) in [4.78, 5) is 7.12. The number of H-pyrrole nitrogens is 1. The van der Waals surface area contributed by atoms with Gasteiger partial charge in [-0.05, 0) is 12.3 Å². The van der Waals surface area contributed by atoms with E-state index in [0.29, 0.717) is 0 Å². The van der Waals surface area contributed by atoms with Crippen molar-refractivity contribution in [2.75, 3.05) is 0 Å². The Kier molecular flexibility index (Phi) is 1.93. The van der Waals surface area contributed by atoms with Crippen LogP contribution in [-0.2, 0) is 6.42 Å². The zero-order valence-corrected chi connectivity index (χ0v) is 6.64. The maximum absolute atomic E-state index is 4.05. The number of nitrogens with one attached hydrogen (secondary N) is 1. The molecule has 0 aromatic carbocycles. The normalized spacial score (nSPS) is 17.1. The van der Waals surface area contributed by atoms with Crippen LogP contribution in [0, 0.1) is 12.1 Å². The van der Waals surface area contributed by atoms with Crippen molar-refractivity contribution in [3.8, 4) is 0 Å². The van der Waals surface area contributed by atoms with Gasteiger partial charge in [-0.15, -0.1) is 0 Å². The first-order chi connectivity index (χ1) is 5.45. The molecular weight excluding hydrogens is 136 g/mol. The number of nitrogens with zero attached hydrogens (tertiary/aromatic N) is 1. The number of aromatic nitrogens is 2. The summed E-state index contributed by atoms with van der Waals surface area (Å²) in [6, 6.07) is 0. The van der Waals surface area contributed by atoms with Crippen molar-refractivity contribution in [3.05, 3.63) is 18.2 Å². The first-order valence-electron chi connectivity index (χ1n) is 4.35. The third-order valence-corrected chi connectivity index (χ3v) is 2.23. The molecule has 2 rings (SSSR count). The van der Waals surface area contributed by atoms with Crippen LogP contribution in [0.3, 0.4) is 0 Å². The molecule has 59 valence electrons. The first kappa shape index (κ1) is 6.89. The Morgan fingerprint density at radius 1 is 1.64 bits per heavy atom. The molecular formula is C9H13N2. The van der Waals surface area contributed by atoms with Gasteiger partial charge in [0.1, 0.15) is 12.0 Å². The van der Waals surface area contributed by atoms with E-state index in [1.807, 2.05) is 0 Å². The molecule has 1 saturated carbocycles. The van der Waals surface area contributed by atoms with Gasteiger partial charge in [0.2, 0.25) is 0 Å². The number of imidazole rings is 1. The molecule has 0 unspecified atom stereocenters. The van der Waals surface area contributed by atoms with Crippen molar-refractivity contribution >= 4 is 0 Å². The van der Waals surface area contributed by atoms with Gasteiger partial charge in [0.25, 0.3) is 0 Å². The Hall–Kier alpha value is -0.790. The highest BCUT2D eigenvalue weighted by Crippen LogP contribution is 2.33. The topological polar surface area (TPSA) is 28.7 Å². The van der Waals surface area contributed by atoms with Crippen LogP contribution in [0.4, 0.5) is 0 Å². The summed E-state index contributed by atoms with van der Waals surface area (Å²) in [5.74, 6) is 2.14. The molecule has 0 saturated heterocycles. The van der Waals surface area contributed by atoms with E-state index in [4.69, 9.17) is 0 Å². The zero-order chi connectivity index (χ0) is 7.52. The van der Waals surface area contributed by atoms with E-state index in [-0.39, 0.29) is 0 Å². The third kappa shape index (κ3) is 2.07. The van der Waals surface area contributed by atoms with E-state index in [1.54, 1.807) is 6.20 Å². The van der Waals surface area contributed by atoms with E-state index in [1.165, 1.54) is 25.7 Å². The molecule has 2 nitrogen and oxygen atoms in total. The fourth-order valence-electron chi connectivity index (χ4n) is 1.35. The summed E-state index contributed by atoms with van der Waals surface area (Å²) in [6.45, 7) is 0. The molecule has 1 N–H and O–H groups in total. The lowest BCUT2D eigenvalue weighted by atomic mass is 10.2. The molecule has 1 radical (unpaired) electrons. The molecule has 1 aliphatic carbocycles. The smallest absolute Gasteiger partial charge is 0.108 e. The minimum absolute atomic E-state index is 1.05. The maximum Gasteiger partial charge on any atom is 0.108 e. The average molecular weight is 149 g/mol. The summed E-state index contributed by atoms with van der Waals surface area (Å²) in [5.41, 5.74) is 0. The number of aryl methyl sites for hydroxylation is 1. The van der Waals surface area contributed by atoms with E-state index in [9.17, 15) is 0 Å². The molecule has 11 heavy (non-hydrogen) atoms. The van der Waals surface area contributed by atoms with Crippen LogP contribution in [0.1, 0.15) is 31.5 Å². The maximum atomic E-state index is 4.05. The van der Waals surface area contributed by atoms with Gasteiger partial charge in [-0.25, -0.2) is 4.98 Å². The van der Waals surface area contributed by atoms with Gasteiger partial charge in [-0.3, -0.25) is 0 Å². The van der Waals surface area contributed by atoms with Crippen molar-refractivity contribution in [1.29, 1.82) is 0 Å². The number of hydrogen-bond acceptors (Lipinski definition) is 1. The molecule has 1 fully saturated rings. The van der Waals surface area contributed by atoms with Crippen LogP contribution < -0.4 is 0 Å². The molecule has 0 amide bonds. The van der Waals surface area contributed by atoms with Gasteiger partial charge in [0.05, 0.1) is 0 Å². The summed E-state index contributed by atoms with van der Waals surface area (Å²) >= 11 is 0. The molecule has 0 bridgehead atoms. The van der Waals surface area contributed by atoms with Crippen molar-refractivity contribution < 1.29 is 0 Å². The second kappa shape index (κ2) is 3.07. The van der Waals surface area contributed by atoms with Crippen molar-refractivity contribution in [3.63, 3.8) is 0 Å². The summed E-state index contributed by atoms with van der Waals surface area (Å²) in [5, 5.41) is 0. The SMILES string of the molecule is [c]1c[nH]c(CCCC2CC2)n1. The number of rotatable bonds is 4. The van der Waals surface area contributed by atoms with Crippen LogP contribution in [0.15, 0.2) is 6.20 Å². The zero-order valence-electron chi connectivity index (χ0n) is 6.64. The van der Waals surface area contributed by atoms with Crippen LogP contribution in [-0.4, -0.2) is 9.97 Å². The molecule has 0 atom stereocenters. The Morgan fingerprint density at radius 2 is 2.55 bits per heavy atom. The lowest BCUT2D eigenvalue weighted by Crippen LogP contribution is -1.88. The Morgan fingerprint density at radius 3 is 3.18 bits per heavy atom. The van der Waals surface area contributed by atoms with Gasteiger partial charge in [-0.1, -0.05) is 19.3 Å². The highest BCUT2D eigenvalue weighted by molar-refractivity contribution is 4.86. The first-order valence-corrected chi connectivity index (χ1v) is 4.35. The third-order valence-electron chi connectivity index (χ3n) is 2.23. The van der Waals surface area contributed by atoms with Crippen LogP contribution in [0.25, 0.3) is 0 Å². The summed E-state index contributed by atoms with van der Waals surface area (Å²) in [7, 11) is 0. The number of hydrogen-bond donors (Lipinski definition) is 1. The van der Waals surface area contributed by atoms with Gasteiger partial charge in [0.15, 0.2) is 0 Å². The summed E-state index contributed by atoms with van der Waals surface area (Å²) < 4.78 is 0. The van der Waals surface area contributed by atoms with Crippen molar-refractivity contribution in [1.82, 2.24) is 9.97 Å². The lowest BCUT2D eigenvalue weighted by Gasteiger charge is -1.94. The Bertz CT molecular complexity index is 199. The van der Waals surface area contributed by atoms with Crippen molar-refractivity contribution in [2.45, 2.75) is 32.1 Å². The monoisotopic (exact) mass is 149 g/mol.